The molecule has 1 unspecified atom stereocenters. The van der Waals surface area contributed by atoms with E-state index in [1.165, 1.54) is 4.90 Å². The van der Waals surface area contributed by atoms with Crippen molar-refractivity contribution in [2.45, 2.75) is 46.7 Å². The molecule has 1 atom stereocenters. The van der Waals surface area contributed by atoms with E-state index in [9.17, 15) is 18.0 Å². The Bertz CT molecular complexity index is 1040. The van der Waals surface area contributed by atoms with Gasteiger partial charge in [0.25, 0.3) is 0 Å². The lowest BCUT2D eigenvalue weighted by Crippen LogP contribution is -2.51. The molecule has 0 aliphatic carbocycles. The highest BCUT2D eigenvalue weighted by Crippen LogP contribution is 2.24. The van der Waals surface area contributed by atoms with Crippen LogP contribution >= 0.6 is 0 Å². The number of amides is 2. The minimum atomic E-state index is -3.73. The van der Waals surface area contributed by atoms with Crippen molar-refractivity contribution in [1.82, 2.24) is 10.2 Å². The van der Waals surface area contributed by atoms with E-state index in [1.807, 2.05) is 56.3 Å². The standard InChI is InChI=1S/C24H33N3O4S/c1-6-14-25-24(29)20(4)26(16-21-10-8-7-9-11-21)23(28)17-27(32(5,30)31)22-15-18(2)12-13-19(22)3/h7-13,15,20H,6,14,16-17H2,1-5H3,(H,25,29). The number of carbonyl (C=O) groups is 2. The van der Waals surface area contributed by atoms with E-state index in [2.05, 4.69) is 5.32 Å². The SMILES string of the molecule is CCCNC(=O)C(C)N(Cc1ccccc1)C(=O)CN(c1cc(C)ccc1C)S(C)(=O)=O. The highest BCUT2D eigenvalue weighted by atomic mass is 32.2. The Morgan fingerprint density at radius 2 is 1.72 bits per heavy atom. The van der Waals surface area contributed by atoms with E-state index in [0.29, 0.717) is 12.2 Å². The second-order valence-corrected chi connectivity index (χ2v) is 9.94. The van der Waals surface area contributed by atoms with Crippen molar-refractivity contribution < 1.29 is 18.0 Å². The maximum absolute atomic E-state index is 13.4. The molecule has 0 aliphatic heterocycles. The van der Waals surface area contributed by atoms with E-state index in [1.54, 1.807) is 19.9 Å². The largest absolute Gasteiger partial charge is 0.354 e. The third kappa shape index (κ3) is 6.82. The molecule has 0 aliphatic rings. The van der Waals surface area contributed by atoms with Gasteiger partial charge < -0.3 is 10.2 Å². The Kier molecular flexibility index (Phi) is 8.83. The van der Waals surface area contributed by atoms with Crippen molar-refractivity contribution in [2.75, 3.05) is 23.7 Å². The van der Waals surface area contributed by atoms with Crippen LogP contribution in [0.2, 0.25) is 0 Å². The Balaban J connectivity index is 2.39. The molecule has 0 saturated heterocycles. The summed E-state index contributed by atoms with van der Waals surface area (Å²) in [6.07, 6.45) is 1.86. The summed E-state index contributed by atoms with van der Waals surface area (Å²) < 4.78 is 26.4. The van der Waals surface area contributed by atoms with Gasteiger partial charge in [-0.25, -0.2) is 8.42 Å². The highest BCUT2D eigenvalue weighted by Gasteiger charge is 2.30. The molecule has 0 spiro atoms. The number of nitrogens with zero attached hydrogens (tertiary/aromatic N) is 2. The molecule has 1 N–H and O–H groups in total. The fourth-order valence-electron chi connectivity index (χ4n) is 3.34. The molecule has 0 radical (unpaired) electrons. The van der Waals surface area contributed by atoms with Gasteiger partial charge in [0.1, 0.15) is 12.6 Å². The van der Waals surface area contributed by atoms with Crippen molar-refractivity contribution in [3.8, 4) is 0 Å². The van der Waals surface area contributed by atoms with E-state index < -0.39 is 22.0 Å². The van der Waals surface area contributed by atoms with Gasteiger partial charge in [0, 0.05) is 13.1 Å². The van der Waals surface area contributed by atoms with Gasteiger partial charge >= 0.3 is 0 Å². The van der Waals surface area contributed by atoms with Crippen LogP contribution in [0.1, 0.15) is 37.0 Å². The third-order valence-corrected chi connectivity index (χ3v) is 6.35. The van der Waals surface area contributed by atoms with E-state index >= 15 is 0 Å². The highest BCUT2D eigenvalue weighted by molar-refractivity contribution is 7.92. The molecule has 0 heterocycles. The van der Waals surface area contributed by atoms with Gasteiger partial charge in [-0.1, -0.05) is 49.4 Å². The summed E-state index contributed by atoms with van der Waals surface area (Å²) in [5.41, 5.74) is 2.95. The predicted molar refractivity (Wildman–Crippen MR) is 128 cm³/mol. The van der Waals surface area contributed by atoms with Crippen LogP contribution in [0.4, 0.5) is 5.69 Å². The predicted octanol–water partition coefficient (Wildman–Crippen LogP) is 3.01. The zero-order chi connectivity index (χ0) is 23.9. The van der Waals surface area contributed by atoms with E-state index in [0.717, 1.165) is 33.7 Å². The van der Waals surface area contributed by atoms with Gasteiger partial charge in [-0.2, -0.15) is 0 Å². The first-order valence-electron chi connectivity index (χ1n) is 10.7. The van der Waals surface area contributed by atoms with Crippen LogP contribution in [0.25, 0.3) is 0 Å². The number of carbonyl (C=O) groups excluding carboxylic acids is 2. The van der Waals surface area contributed by atoms with Crippen molar-refractivity contribution in [1.29, 1.82) is 0 Å². The summed E-state index contributed by atoms with van der Waals surface area (Å²) in [4.78, 5) is 27.5. The first-order chi connectivity index (χ1) is 15.0. The van der Waals surface area contributed by atoms with Crippen molar-refractivity contribution in [2.24, 2.45) is 0 Å². The van der Waals surface area contributed by atoms with Gasteiger partial charge in [0.15, 0.2) is 0 Å². The number of anilines is 1. The molecule has 174 valence electrons. The smallest absolute Gasteiger partial charge is 0.244 e. The van der Waals surface area contributed by atoms with Crippen LogP contribution in [0.5, 0.6) is 0 Å². The average Bonchev–Trinajstić information content (AvgIpc) is 2.75. The zero-order valence-electron chi connectivity index (χ0n) is 19.5. The molecule has 0 fully saturated rings. The number of sulfonamides is 1. The molecule has 7 nitrogen and oxygen atoms in total. The minimum absolute atomic E-state index is 0.199. The van der Waals surface area contributed by atoms with Gasteiger partial charge in [-0.3, -0.25) is 13.9 Å². The summed E-state index contributed by atoms with van der Waals surface area (Å²) in [5.74, 6) is -0.715. The maximum atomic E-state index is 13.4. The summed E-state index contributed by atoms with van der Waals surface area (Å²) in [6.45, 7) is 7.61. The number of rotatable bonds is 10. The van der Waals surface area contributed by atoms with Crippen LogP contribution in [0.3, 0.4) is 0 Å². The van der Waals surface area contributed by atoms with Crippen molar-refractivity contribution in [3.05, 3.63) is 65.2 Å². The van der Waals surface area contributed by atoms with Gasteiger partial charge in [-0.05, 0) is 49.9 Å². The molecular formula is C24H33N3O4S. The normalized spacial score (nSPS) is 12.2. The first kappa shape index (κ1) is 25.4. The van der Waals surface area contributed by atoms with Gasteiger partial charge in [0.05, 0.1) is 11.9 Å². The van der Waals surface area contributed by atoms with Crippen LogP contribution in [-0.2, 0) is 26.2 Å². The topological polar surface area (TPSA) is 86.8 Å². The average molecular weight is 460 g/mol. The lowest BCUT2D eigenvalue weighted by molar-refractivity contribution is -0.139. The summed E-state index contributed by atoms with van der Waals surface area (Å²) in [5, 5.41) is 2.82. The van der Waals surface area contributed by atoms with Crippen LogP contribution < -0.4 is 9.62 Å². The Morgan fingerprint density at radius 1 is 1.06 bits per heavy atom. The van der Waals surface area contributed by atoms with Crippen molar-refractivity contribution in [3.63, 3.8) is 0 Å². The third-order valence-electron chi connectivity index (χ3n) is 5.22. The molecular weight excluding hydrogens is 426 g/mol. The molecule has 2 aromatic rings. The Labute approximate surface area is 191 Å². The van der Waals surface area contributed by atoms with Crippen LogP contribution in [-0.4, -0.2) is 50.5 Å². The molecule has 32 heavy (non-hydrogen) atoms. The second-order valence-electron chi connectivity index (χ2n) is 8.03. The molecule has 8 heteroatoms. The Hall–Kier alpha value is -2.87. The maximum Gasteiger partial charge on any atom is 0.244 e. The summed E-state index contributed by atoms with van der Waals surface area (Å²) >= 11 is 0. The molecule has 0 aromatic heterocycles. The minimum Gasteiger partial charge on any atom is -0.354 e. The molecule has 2 amide bonds. The Morgan fingerprint density at radius 3 is 2.31 bits per heavy atom. The lowest BCUT2D eigenvalue weighted by atomic mass is 10.1. The fourth-order valence-corrected chi connectivity index (χ4v) is 4.24. The molecule has 0 saturated carbocycles. The van der Waals surface area contributed by atoms with Crippen molar-refractivity contribution >= 4 is 27.5 Å². The van der Waals surface area contributed by atoms with Gasteiger partial charge in [-0.15, -0.1) is 0 Å². The molecule has 0 bridgehead atoms. The number of aryl methyl sites for hydroxylation is 2. The zero-order valence-corrected chi connectivity index (χ0v) is 20.3. The number of hydrogen-bond acceptors (Lipinski definition) is 4. The summed E-state index contributed by atoms with van der Waals surface area (Å²) in [7, 11) is -3.73. The van der Waals surface area contributed by atoms with Crippen LogP contribution in [0, 0.1) is 13.8 Å². The van der Waals surface area contributed by atoms with Gasteiger partial charge in [0.2, 0.25) is 21.8 Å². The molecule has 2 aromatic carbocycles. The molecule has 2 rings (SSSR count). The number of benzene rings is 2. The fraction of sp³-hybridized carbons (Fsp3) is 0.417. The quantitative estimate of drug-likeness (QED) is 0.592. The number of nitrogens with one attached hydrogen (secondary N) is 1. The first-order valence-corrected chi connectivity index (χ1v) is 12.6. The second kappa shape index (κ2) is 11.1. The number of hydrogen-bond donors (Lipinski definition) is 1. The summed E-state index contributed by atoms with van der Waals surface area (Å²) in [6, 6.07) is 14.1. The van der Waals surface area contributed by atoms with E-state index in [4.69, 9.17) is 0 Å². The monoisotopic (exact) mass is 459 g/mol. The van der Waals surface area contributed by atoms with Crippen LogP contribution in [0.15, 0.2) is 48.5 Å². The van der Waals surface area contributed by atoms with E-state index in [-0.39, 0.29) is 19.0 Å². The lowest BCUT2D eigenvalue weighted by Gasteiger charge is -2.32.